The highest BCUT2D eigenvalue weighted by Gasteiger charge is 2.35. The van der Waals surface area contributed by atoms with Gasteiger partial charge in [-0.3, -0.25) is 0 Å². The fourth-order valence-corrected chi connectivity index (χ4v) is 3.87. The molecule has 1 aliphatic rings. The Hall–Kier alpha value is -2.49. The van der Waals surface area contributed by atoms with Gasteiger partial charge in [0, 0.05) is 29.0 Å². The lowest BCUT2D eigenvalue weighted by Crippen LogP contribution is -2.23. The van der Waals surface area contributed by atoms with Crippen LogP contribution in [0.1, 0.15) is 42.7 Å². The molecule has 2 aromatic rings. The van der Waals surface area contributed by atoms with Crippen LogP contribution < -0.4 is 0 Å². The zero-order valence-corrected chi connectivity index (χ0v) is 15.1. The van der Waals surface area contributed by atoms with Crippen molar-refractivity contribution < 1.29 is 9.53 Å². The minimum absolute atomic E-state index is 0.0118. The van der Waals surface area contributed by atoms with E-state index in [1.165, 1.54) is 22.3 Å². The third-order valence-electron chi connectivity index (χ3n) is 4.81. The molecule has 0 saturated carbocycles. The van der Waals surface area contributed by atoms with E-state index in [0.29, 0.717) is 13.0 Å². The van der Waals surface area contributed by atoms with Crippen molar-refractivity contribution in [1.82, 2.24) is 0 Å². The second-order valence-electron chi connectivity index (χ2n) is 6.35. The molecule has 0 aliphatic heterocycles. The topological polar surface area (TPSA) is 75.1 Å². The first-order valence-electron chi connectivity index (χ1n) is 8.77. The van der Waals surface area contributed by atoms with E-state index < -0.39 is 5.43 Å². The highest BCUT2D eigenvalue weighted by Crippen LogP contribution is 2.47. The summed E-state index contributed by atoms with van der Waals surface area (Å²) in [5.41, 5.74) is 12.3. The highest BCUT2D eigenvalue weighted by molar-refractivity contribution is 6.61. The Morgan fingerprint density at radius 1 is 1.08 bits per heavy atom. The molecule has 1 atom stereocenters. The van der Waals surface area contributed by atoms with E-state index in [9.17, 15) is 4.79 Å². The van der Waals surface area contributed by atoms with E-state index in [0.717, 1.165) is 19.3 Å². The van der Waals surface area contributed by atoms with Gasteiger partial charge in [0.15, 0.2) is 0 Å². The molecule has 5 nitrogen and oxygen atoms in total. The fourth-order valence-electron chi connectivity index (χ4n) is 3.76. The average molecular weight is 370 g/mol. The molecule has 3 rings (SSSR count). The highest BCUT2D eigenvalue weighted by atomic mass is 35.5. The summed E-state index contributed by atoms with van der Waals surface area (Å²) in [5.74, 6) is -0.0118. The van der Waals surface area contributed by atoms with E-state index in [4.69, 9.17) is 21.9 Å². The number of azide groups is 1. The number of carbonyl (C=O) groups excluding carboxylic acids is 1. The van der Waals surface area contributed by atoms with E-state index in [-0.39, 0.29) is 12.0 Å². The molecule has 1 aliphatic carbocycles. The Morgan fingerprint density at radius 2 is 1.69 bits per heavy atom. The number of unbranched alkanes of at least 4 members (excludes halogenated alkanes) is 2. The van der Waals surface area contributed by atoms with E-state index >= 15 is 0 Å². The second-order valence-corrected chi connectivity index (χ2v) is 6.66. The molecule has 6 heteroatoms. The van der Waals surface area contributed by atoms with Crippen LogP contribution >= 0.6 is 11.6 Å². The van der Waals surface area contributed by atoms with Crippen LogP contribution in [-0.4, -0.2) is 18.1 Å². The van der Waals surface area contributed by atoms with Crippen molar-refractivity contribution in [1.29, 1.82) is 0 Å². The van der Waals surface area contributed by atoms with Gasteiger partial charge in [-0.1, -0.05) is 60.1 Å². The van der Waals surface area contributed by atoms with Crippen LogP contribution in [0, 0.1) is 0 Å². The predicted octanol–water partition coefficient (Wildman–Crippen LogP) is 6.41. The Morgan fingerprint density at radius 3 is 2.27 bits per heavy atom. The standard InChI is InChI=1S/C20H20ClN3O2/c21-20(25)26-18(12-2-1-7-13-23-24-22)19-16-10-5-3-8-14(16)15-9-4-6-11-17(15)19/h3-6,8-11,18-19H,1-2,7,12-13H2. The van der Waals surface area contributed by atoms with Crippen molar-refractivity contribution in [2.24, 2.45) is 5.11 Å². The minimum Gasteiger partial charge on any atom is -0.449 e. The Balaban J connectivity index is 1.81. The molecule has 0 heterocycles. The first-order valence-corrected chi connectivity index (χ1v) is 9.15. The normalized spacial score (nSPS) is 13.4. The molecule has 0 spiro atoms. The molecule has 0 radical (unpaired) electrons. The first-order chi connectivity index (χ1) is 12.7. The van der Waals surface area contributed by atoms with Gasteiger partial charge in [-0.2, -0.15) is 0 Å². The van der Waals surface area contributed by atoms with Crippen LogP contribution in [0.2, 0.25) is 0 Å². The van der Waals surface area contributed by atoms with Crippen LogP contribution in [-0.2, 0) is 4.74 Å². The summed E-state index contributed by atoms with van der Waals surface area (Å²) in [7, 11) is 0. The summed E-state index contributed by atoms with van der Waals surface area (Å²) in [6, 6.07) is 16.5. The van der Waals surface area contributed by atoms with Crippen molar-refractivity contribution in [2.75, 3.05) is 6.54 Å². The molecule has 26 heavy (non-hydrogen) atoms. The molecule has 134 valence electrons. The molecule has 2 aromatic carbocycles. The Labute approximate surface area is 157 Å². The summed E-state index contributed by atoms with van der Waals surface area (Å²) in [4.78, 5) is 14.3. The van der Waals surface area contributed by atoms with Crippen LogP contribution in [0.15, 0.2) is 53.6 Å². The minimum atomic E-state index is -0.772. The van der Waals surface area contributed by atoms with Crippen molar-refractivity contribution in [3.63, 3.8) is 0 Å². The van der Waals surface area contributed by atoms with Crippen LogP contribution in [0.4, 0.5) is 4.79 Å². The summed E-state index contributed by atoms with van der Waals surface area (Å²) >= 11 is 5.57. The van der Waals surface area contributed by atoms with Gasteiger partial charge in [0.2, 0.25) is 0 Å². The Kier molecular flexibility index (Phi) is 6.16. The summed E-state index contributed by atoms with van der Waals surface area (Å²) in [6.07, 6.45) is 3.00. The average Bonchev–Trinajstić information content (AvgIpc) is 2.98. The summed E-state index contributed by atoms with van der Waals surface area (Å²) < 4.78 is 5.52. The van der Waals surface area contributed by atoms with Crippen molar-refractivity contribution in [2.45, 2.75) is 37.7 Å². The van der Waals surface area contributed by atoms with E-state index in [2.05, 4.69) is 34.3 Å². The van der Waals surface area contributed by atoms with E-state index in [1.807, 2.05) is 24.3 Å². The molecule has 0 N–H and O–H groups in total. The SMILES string of the molecule is [N-]=[N+]=NCCCCCC(OC(=O)Cl)C1c2ccccc2-c2ccccc21. The Bertz CT molecular complexity index is 788. The van der Waals surface area contributed by atoms with Crippen LogP contribution in [0.25, 0.3) is 21.6 Å². The maximum absolute atomic E-state index is 11.5. The van der Waals surface area contributed by atoms with Crippen molar-refractivity contribution in [3.8, 4) is 11.1 Å². The van der Waals surface area contributed by atoms with Crippen molar-refractivity contribution in [3.05, 3.63) is 70.1 Å². The van der Waals surface area contributed by atoms with Crippen LogP contribution in [0.3, 0.4) is 0 Å². The monoisotopic (exact) mass is 369 g/mol. The molecule has 0 bridgehead atoms. The van der Waals surface area contributed by atoms with E-state index in [1.54, 1.807) is 0 Å². The number of hydrogen-bond acceptors (Lipinski definition) is 3. The third kappa shape index (κ3) is 4.01. The van der Waals surface area contributed by atoms with Gasteiger partial charge in [-0.15, -0.1) is 0 Å². The van der Waals surface area contributed by atoms with Gasteiger partial charge in [-0.25, -0.2) is 4.79 Å². The zero-order chi connectivity index (χ0) is 18.4. The van der Waals surface area contributed by atoms with Crippen LogP contribution in [0.5, 0.6) is 0 Å². The quantitative estimate of drug-likeness (QED) is 0.177. The first kappa shape index (κ1) is 18.3. The molecule has 0 saturated heterocycles. The number of halogens is 1. The van der Waals surface area contributed by atoms with Gasteiger partial charge in [-0.05, 0) is 47.0 Å². The maximum atomic E-state index is 11.5. The molecular formula is C20H20ClN3O2. The van der Waals surface area contributed by atoms with Gasteiger partial charge in [0.1, 0.15) is 6.10 Å². The number of fused-ring (bicyclic) bond motifs is 3. The largest absolute Gasteiger partial charge is 0.449 e. The predicted molar refractivity (Wildman–Crippen MR) is 102 cm³/mol. The number of carbonyl (C=O) groups is 1. The summed E-state index contributed by atoms with van der Waals surface area (Å²) in [5, 5.41) is 3.55. The number of benzene rings is 2. The van der Waals surface area contributed by atoms with Gasteiger partial charge >= 0.3 is 5.43 Å². The van der Waals surface area contributed by atoms with Gasteiger partial charge < -0.3 is 4.74 Å². The molecule has 0 aromatic heterocycles. The van der Waals surface area contributed by atoms with Gasteiger partial charge in [0.05, 0.1) is 0 Å². The lowest BCUT2D eigenvalue weighted by Gasteiger charge is -2.25. The van der Waals surface area contributed by atoms with Gasteiger partial charge in [0.25, 0.3) is 0 Å². The number of hydrogen-bond donors (Lipinski definition) is 0. The lowest BCUT2D eigenvalue weighted by atomic mass is 9.88. The number of ether oxygens (including phenoxy) is 1. The number of rotatable bonds is 8. The smallest absolute Gasteiger partial charge is 0.404 e. The zero-order valence-electron chi connectivity index (χ0n) is 14.3. The second kappa shape index (κ2) is 8.75. The number of nitrogens with zero attached hydrogens (tertiary/aromatic N) is 3. The molecule has 0 amide bonds. The third-order valence-corrected chi connectivity index (χ3v) is 4.90. The fraction of sp³-hybridized carbons (Fsp3) is 0.350. The maximum Gasteiger partial charge on any atom is 0.404 e. The summed E-state index contributed by atoms with van der Waals surface area (Å²) in [6.45, 7) is 0.492. The van der Waals surface area contributed by atoms with Crippen molar-refractivity contribution >= 4 is 17.0 Å². The molecule has 0 fully saturated rings. The lowest BCUT2D eigenvalue weighted by molar-refractivity contribution is 0.104. The molecular weight excluding hydrogens is 350 g/mol. The molecule has 1 unspecified atom stereocenters.